The van der Waals surface area contributed by atoms with Crippen LogP contribution in [0.5, 0.6) is 0 Å². The molecule has 0 aromatic carbocycles. The fourth-order valence-electron chi connectivity index (χ4n) is 2.79. The number of hydrogen-bond acceptors (Lipinski definition) is 3. The van der Waals surface area contributed by atoms with Crippen LogP contribution in [-0.4, -0.2) is 50.1 Å². The molecule has 98 valence electrons. The summed E-state index contributed by atoms with van der Waals surface area (Å²) in [6.45, 7) is 6.39. The van der Waals surface area contributed by atoms with Crippen LogP contribution in [0.2, 0.25) is 0 Å². The van der Waals surface area contributed by atoms with Crippen LogP contribution in [-0.2, 0) is 4.79 Å². The maximum Gasteiger partial charge on any atom is 0.220 e. The van der Waals surface area contributed by atoms with E-state index in [2.05, 4.69) is 15.5 Å². The summed E-state index contributed by atoms with van der Waals surface area (Å²) in [5, 5.41) is 6.40. The highest BCUT2D eigenvalue weighted by Crippen LogP contribution is 2.13. The van der Waals surface area contributed by atoms with Gasteiger partial charge in [-0.3, -0.25) is 4.79 Å². The molecule has 0 aliphatic carbocycles. The van der Waals surface area contributed by atoms with Crippen molar-refractivity contribution in [2.45, 2.75) is 32.1 Å². The molecule has 2 rings (SSSR count). The minimum Gasteiger partial charge on any atom is -0.355 e. The lowest BCUT2D eigenvalue weighted by Gasteiger charge is -2.22. The van der Waals surface area contributed by atoms with E-state index in [1.54, 1.807) is 0 Å². The molecule has 0 radical (unpaired) electrons. The van der Waals surface area contributed by atoms with Gasteiger partial charge in [0, 0.05) is 19.5 Å². The van der Waals surface area contributed by atoms with E-state index in [9.17, 15) is 4.79 Å². The zero-order valence-corrected chi connectivity index (χ0v) is 10.7. The van der Waals surface area contributed by atoms with Crippen LogP contribution in [0.3, 0.4) is 0 Å². The Morgan fingerprint density at radius 3 is 2.82 bits per heavy atom. The molecule has 17 heavy (non-hydrogen) atoms. The highest BCUT2D eigenvalue weighted by Gasteiger charge is 2.17. The topological polar surface area (TPSA) is 44.4 Å². The van der Waals surface area contributed by atoms with Crippen molar-refractivity contribution in [2.24, 2.45) is 5.92 Å². The van der Waals surface area contributed by atoms with Gasteiger partial charge < -0.3 is 15.5 Å². The van der Waals surface area contributed by atoms with Crippen LogP contribution < -0.4 is 10.6 Å². The van der Waals surface area contributed by atoms with Gasteiger partial charge in [0.2, 0.25) is 5.91 Å². The molecule has 0 aromatic rings. The van der Waals surface area contributed by atoms with Crippen LogP contribution in [0.15, 0.2) is 0 Å². The smallest absolute Gasteiger partial charge is 0.220 e. The molecule has 1 amide bonds. The van der Waals surface area contributed by atoms with E-state index >= 15 is 0 Å². The number of amides is 1. The molecule has 2 N–H and O–H groups in total. The Morgan fingerprint density at radius 1 is 1.29 bits per heavy atom. The Hall–Kier alpha value is -0.610. The van der Waals surface area contributed by atoms with E-state index in [1.165, 1.54) is 38.8 Å². The maximum absolute atomic E-state index is 11.7. The largest absolute Gasteiger partial charge is 0.355 e. The fourth-order valence-corrected chi connectivity index (χ4v) is 2.79. The van der Waals surface area contributed by atoms with Crippen molar-refractivity contribution in [3.05, 3.63) is 0 Å². The summed E-state index contributed by atoms with van der Waals surface area (Å²) in [5.41, 5.74) is 0. The Bertz CT molecular complexity index is 233. The predicted octanol–water partition coefficient (Wildman–Crippen LogP) is 0.588. The third-order valence-corrected chi connectivity index (χ3v) is 3.82. The second-order valence-corrected chi connectivity index (χ2v) is 5.32. The van der Waals surface area contributed by atoms with Crippen molar-refractivity contribution in [1.29, 1.82) is 0 Å². The average Bonchev–Trinajstić information content (AvgIpc) is 2.83. The lowest BCUT2D eigenvalue weighted by Crippen LogP contribution is -2.37. The first-order chi connectivity index (χ1) is 8.34. The first-order valence-corrected chi connectivity index (χ1v) is 7.04. The molecule has 1 atom stereocenters. The molecule has 0 spiro atoms. The van der Waals surface area contributed by atoms with E-state index < -0.39 is 0 Å². The number of nitrogens with one attached hydrogen (secondary N) is 2. The van der Waals surface area contributed by atoms with E-state index in [-0.39, 0.29) is 5.91 Å². The number of piperidine rings is 1. The van der Waals surface area contributed by atoms with Crippen molar-refractivity contribution in [2.75, 3.05) is 39.3 Å². The maximum atomic E-state index is 11.7. The number of carbonyl (C=O) groups is 1. The minimum atomic E-state index is 0.234. The Kier molecular flexibility index (Phi) is 5.26. The van der Waals surface area contributed by atoms with Gasteiger partial charge in [-0.05, 0) is 57.8 Å². The number of hydrogen-bond donors (Lipinski definition) is 2. The zero-order valence-electron chi connectivity index (χ0n) is 10.7. The van der Waals surface area contributed by atoms with Crippen LogP contribution >= 0.6 is 0 Å². The van der Waals surface area contributed by atoms with E-state index in [4.69, 9.17) is 0 Å². The summed E-state index contributed by atoms with van der Waals surface area (Å²) < 4.78 is 0. The molecule has 2 aliphatic rings. The second kappa shape index (κ2) is 6.97. The minimum absolute atomic E-state index is 0.234. The summed E-state index contributed by atoms with van der Waals surface area (Å²) >= 11 is 0. The van der Waals surface area contributed by atoms with Gasteiger partial charge in [0.05, 0.1) is 0 Å². The highest BCUT2D eigenvalue weighted by molar-refractivity contribution is 5.76. The Labute approximate surface area is 104 Å². The second-order valence-electron chi connectivity index (χ2n) is 5.32. The summed E-state index contributed by atoms with van der Waals surface area (Å²) in [4.78, 5) is 14.2. The van der Waals surface area contributed by atoms with Crippen LogP contribution in [0.4, 0.5) is 0 Å². The van der Waals surface area contributed by atoms with Crippen molar-refractivity contribution in [3.63, 3.8) is 0 Å². The van der Waals surface area contributed by atoms with Gasteiger partial charge in [0.15, 0.2) is 0 Å². The van der Waals surface area contributed by atoms with Gasteiger partial charge in [-0.25, -0.2) is 0 Å². The molecule has 4 nitrogen and oxygen atoms in total. The van der Waals surface area contributed by atoms with E-state index in [0.717, 1.165) is 26.2 Å². The normalized spacial score (nSPS) is 26.0. The van der Waals surface area contributed by atoms with Crippen LogP contribution in [0, 0.1) is 5.92 Å². The van der Waals surface area contributed by atoms with Gasteiger partial charge >= 0.3 is 0 Å². The van der Waals surface area contributed by atoms with Gasteiger partial charge in [-0.1, -0.05) is 0 Å². The molecule has 1 unspecified atom stereocenters. The summed E-state index contributed by atoms with van der Waals surface area (Å²) in [5.74, 6) is 0.786. The van der Waals surface area contributed by atoms with Gasteiger partial charge in [-0.2, -0.15) is 0 Å². The van der Waals surface area contributed by atoms with Crippen molar-refractivity contribution in [3.8, 4) is 0 Å². The van der Waals surface area contributed by atoms with E-state index in [0.29, 0.717) is 12.3 Å². The average molecular weight is 239 g/mol. The lowest BCUT2D eigenvalue weighted by atomic mass is 9.96. The molecule has 4 heteroatoms. The Balaban J connectivity index is 1.53. The summed E-state index contributed by atoms with van der Waals surface area (Å²) in [6, 6.07) is 0. The number of rotatable bonds is 5. The van der Waals surface area contributed by atoms with Crippen molar-refractivity contribution in [1.82, 2.24) is 15.5 Å². The van der Waals surface area contributed by atoms with Gasteiger partial charge in [0.1, 0.15) is 0 Å². The zero-order chi connectivity index (χ0) is 11.9. The van der Waals surface area contributed by atoms with Crippen molar-refractivity contribution >= 4 is 5.91 Å². The third kappa shape index (κ3) is 4.64. The van der Waals surface area contributed by atoms with Crippen LogP contribution in [0.25, 0.3) is 0 Å². The first-order valence-electron chi connectivity index (χ1n) is 7.04. The number of carbonyl (C=O) groups excluding carboxylic acids is 1. The summed E-state index contributed by atoms with van der Waals surface area (Å²) in [7, 11) is 0. The molecular weight excluding hydrogens is 214 g/mol. The Morgan fingerprint density at radius 2 is 2.12 bits per heavy atom. The molecule has 0 aromatic heterocycles. The molecule has 2 fully saturated rings. The third-order valence-electron chi connectivity index (χ3n) is 3.82. The van der Waals surface area contributed by atoms with Gasteiger partial charge in [0.25, 0.3) is 0 Å². The lowest BCUT2D eigenvalue weighted by molar-refractivity contribution is -0.122. The number of nitrogens with zero attached hydrogens (tertiary/aromatic N) is 1. The molecule has 2 saturated heterocycles. The summed E-state index contributed by atoms with van der Waals surface area (Å²) in [6.07, 6.45) is 5.76. The molecule has 2 heterocycles. The molecular formula is C13H25N3O. The van der Waals surface area contributed by atoms with E-state index in [1.807, 2.05) is 0 Å². The number of likely N-dealkylation sites (tertiary alicyclic amines) is 1. The fraction of sp³-hybridized carbons (Fsp3) is 0.923. The first kappa shape index (κ1) is 12.8. The van der Waals surface area contributed by atoms with Crippen molar-refractivity contribution < 1.29 is 4.79 Å². The molecule has 0 saturated carbocycles. The quantitative estimate of drug-likeness (QED) is 0.738. The monoisotopic (exact) mass is 239 g/mol. The standard InChI is InChI=1S/C13H25N3O/c17-13(10-12-4-3-5-14-11-12)15-6-9-16-7-1-2-8-16/h12,14H,1-11H2,(H,15,17). The highest BCUT2D eigenvalue weighted by atomic mass is 16.1. The van der Waals surface area contributed by atoms with Crippen LogP contribution in [0.1, 0.15) is 32.1 Å². The molecule has 2 aliphatic heterocycles. The predicted molar refractivity (Wildman–Crippen MR) is 68.9 cm³/mol. The SMILES string of the molecule is O=C(CC1CCCNC1)NCCN1CCCC1. The van der Waals surface area contributed by atoms with Gasteiger partial charge in [-0.15, -0.1) is 0 Å². The molecule has 0 bridgehead atoms.